The Bertz CT molecular complexity index is 1320. The summed E-state index contributed by atoms with van der Waals surface area (Å²) in [6.45, 7) is 4.27. The van der Waals surface area contributed by atoms with Crippen molar-refractivity contribution < 1.29 is 26.3 Å². The zero-order chi connectivity index (χ0) is 25.3. The Hall–Kier alpha value is -3.70. The Balaban J connectivity index is 1.55. The van der Waals surface area contributed by atoms with Crippen molar-refractivity contribution in [2.75, 3.05) is 40.4 Å². The standard InChI is InChI=1S/C23H20F6N6/c1-12-4-13(2)18(35-11-33(3)19-6-15(23(27,28)29)9-31-21(19)35)7-17(12)34-10-32-16-5-14(22(24,25)26)8-30-20(16)34/h4-9,32H,10-11H2,1-3H3. The summed E-state index contributed by atoms with van der Waals surface area (Å²) in [4.78, 5) is 13.4. The fourth-order valence-electron chi connectivity index (χ4n) is 4.44. The minimum absolute atomic E-state index is 0.219. The Morgan fingerprint density at radius 1 is 0.743 bits per heavy atom. The molecular formula is C23H20F6N6. The summed E-state index contributed by atoms with van der Waals surface area (Å²) in [5.74, 6) is 0.758. The van der Waals surface area contributed by atoms with E-state index < -0.39 is 23.5 Å². The molecule has 184 valence electrons. The van der Waals surface area contributed by atoms with Crippen LogP contribution in [0.3, 0.4) is 0 Å². The van der Waals surface area contributed by atoms with Crippen LogP contribution in [0.25, 0.3) is 0 Å². The lowest BCUT2D eigenvalue weighted by atomic mass is 10.1. The quantitative estimate of drug-likeness (QED) is 0.429. The number of pyridine rings is 2. The number of hydrogen-bond acceptors (Lipinski definition) is 6. The Kier molecular flexibility index (Phi) is 5.04. The molecule has 2 aromatic heterocycles. The van der Waals surface area contributed by atoms with Crippen LogP contribution in [0, 0.1) is 13.8 Å². The van der Waals surface area contributed by atoms with Gasteiger partial charge in [-0.1, -0.05) is 6.07 Å². The molecule has 4 heterocycles. The Labute approximate surface area is 196 Å². The topological polar surface area (TPSA) is 47.5 Å². The molecule has 5 rings (SSSR count). The van der Waals surface area contributed by atoms with Gasteiger partial charge in [-0.25, -0.2) is 9.97 Å². The number of aromatic nitrogens is 2. The number of alkyl halides is 6. The van der Waals surface area contributed by atoms with Crippen molar-refractivity contribution in [3.05, 3.63) is 58.9 Å². The van der Waals surface area contributed by atoms with Crippen LogP contribution < -0.4 is 20.0 Å². The van der Waals surface area contributed by atoms with Gasteiger partial charge in [-0.05, 0) is 43.2 Å². The van der Waals surface area contributed by atoms with Gasteiger partial charge in [0.25, 0.3) is 0 Å². The molecule has 0 spiro atoms. The van der Waals surface area contributed by atoms with Crippen molar-refractivity contribution in [2.45, 2.75) is 26.2 Å². The van der Waals surface area contributed by atoms with E-state index in [0.717, 1.165) is 41.3 Å². The van der Waals surface area contributed by atoms with Crippen LogP contribution in [0.2, 0.25) is 0 Å². The van der Waals surface area contributed by atoms with Crippen molar-refractivity contribution >= 4 is 34.4 Å². The summed E-state index contributed by atoms with van der Waals surface area (Å²) in [5.41, 5.74) is 2.15. The van der Waals surface area contributed by atoms with E-state index in [9.17, 15) is 26.3 Å². The van der Waals surface area contributed by atoms with E-state index in [-0.39, 0.29) is 19.0 Å². The monoisotopic (exact) mass is 494 g/mol. The van der Waals surface area contributed by atoms with Crippen molar-refractivity contribution in [2.24, 2.45) is 0 Å². The van der Waals surface area contributed by atoms with E-state index in [0.29, 0.717) is 23.0 Å². The molecule has 2 aliphatic rings. The molecule has 1 N–H and O–H groups in total. The molecule has 2 aliphatic heterocycles. The molecule has 0 aliphatic carbocycles. The highest BCUT2D eigenvalue weighted by Crippen LogP contribution is 2.45. The minimum atomic E-state index is -4.50. The molecule has 0 saturated carbocycles. The molecule has 0 fully saturated rings. The average molecular weight is 494 g/mol. The zero-order valence-corrected chi connectivity index (χ0v) is 18.9. The van der Waals surface area contributed by atoms with Crippen LogP contribution in [0.5, 0.6) is 0 Å². The van der Waals surface area contributed by atoms with E-state index in [4.69, 9.17) is 0 Å². The number of benzene rings is 1. The van der Waals surface area contributed by atoms with Gasteiger partial charge < -0.3 is 20.0 Å². The van der Waals surface area contributed by atoms with E-state index in [1.54, 1.807) is 16.8 Å². The highest BCUT2D eigenvalue weighted by Gasteiger charge is 2.36. The van der Waals surface area contributed by atoms with Gasteiger partial charge in [-0.15, -0.1) is 0 Å². The first kappa shape index (κ1) is 23.1. The molecule has 1 aromatic carbocycles. The number of nitrogens with one attached hydrogen (secondary N) is 1. The number of aryl methyl sites for hydroxylation is 2. The van der Waals surface area contributed by atoms with Crippen LogP contribution in [0.4, 0.5) is 60.7 Å². The second-order valence-corrected chi connectivity index (χ2v) is 8.61. The molecule has 0 radical (unpaired) electrons. The fourth-order valence-corrected chi connectivity index (χ4v) is 4.44. The van der Waals surface area contributed by atoms with Gasteiger partial charge in [-0.2, -0.15) is 26.3 Å². The number of anilines is 6. The lowest BCUT2D eigenvalue weighted by Crippen LogP contribution is -2.25. The Morgan fingerprint density at radius 2 is 1.31 bits per heavy atom. The van der Waals surface area contributed by atoms with Gasteiger partial charge in [0.2, 0.25) is 0 Å². The van der Waals surface area contributed by atoms with E-state index in [2.05, 4.69) is 15.3 Å². The van der Waals surface area contributed by atoms with Gasteiger partial charge in [0.1, 0.15) is 0 Å². The summed E-state index contributed by atoms with van der Waals surface area (Å²) in [5, 5.41) is 2.96. The molecule has 0 unspecified atom stereocenters. The van der Waals surface area contributed by atoms with Crippen molar-refractivity contribution in [1.82, 2.24) is 9.97 Å². The first-order valence-electron chi connectivity index (χ1n) is 10.6. The molecular weight excluding hydrogens is 474 g/mol. The predicted octanol–water partition coefficient (Wildman–Crippen LogP) is 6.20. The van der Waals surface area contributed by atoms with Gasteiger partial charge in [0, 0.05) is 30.8 Å². The largest absolute Gasteiger partial charge is 0.417 e. The van der Waals surface area contributed by atoms with Crippen LogP contribution in [-0.4, -0.2) is 30.4 Å². The normalized spacial score (nSPS) is 15.4. The maximum atomic E-state index is 13.2. The smallest absolute Gasteiger partial charge is 0.364 e. The van der Waals surface area contributed by atoms with E-state index in [1.807, 2.05) is 30.9 Å². The first-order valence-corrected chi connectivity index (χ1v) is 10.6. The SMILES string of the molecule is Cc1cc(C)c(N2CN(C)c3cc(C(F)(F)F)cnc32)cc1N1CNc2cc(C(F)(F)F)cnc21. The van der Waals surface area contributed by atoms with Crippen LogP contribution >= 0.6 is 0 Å². The third kappa shape index (κ3) is 3.86. The summed E-state index contributed by atoms with van der Waals surface area (Å²) >= 11 is 0. The summed E-state index contributed by atoms with van der Waals surface area (Å²) in [6, 6.07) is 5.90. The van der Waals surface area contributed by atoms with Crippen LogP contribution in [-0.2, 0) is 12.4 Å². The third-order valence-electron chi connectivity index (χ3n) is 6.17. The molecule has 0 saturated heterocycles. The average Bonchev–Trinajstić information content (AvgIpc) is 3.33. The molecule has 35 heavy (non-hydrogen) atoms. The van der Waals surface area contributed by atoms with Crippen LogP contribution in [0.1, 0.15) is 22.3 Å². The number of halogens is 6. The van der Waals surface area contributed by atoms with Gasteiger partial charge in [0.05, 0.1) is 35.8 Å². The first-order chi connectivity index (χ1) is 16.3. The predicted molar refractivity (Wildman–Crippen MR) is 120 cm³/mol. The fraction of sp³-hybridized carbons (Fsp3) is 0.304. The van der Waals surface area contributed by atoms with Crippen molar-refractivity contribution in [3.8, 4) is 0 Å². The second-order valence-electron chi connectivity index (χ2n) is 8.61. The lowest BCUT2D eigenvalue weighted by molar-refractivity contribution is -0.138. The van der Waals surface area contributed by atoms with Gasteiger partial charge >= 0.3 is 12.4 Å². The second kappa shape index (κ2) is 7.65. The maximum absolute atomic E-state index is 13.2. The summed E-state index contributed by atoms with van der Waals surface area (Å²) in [7, 11) is 1.69. The van der Waals surface area contributed by atoms with E-state index >= 15 is 0 Å². The number of nitrogens with zero attached hydrogens (tertiary/aromatic N) is 5. The van der Waals surface area contributed by atoms with Crippen LogP contribution in [0.15, 0.2) is 36.7 Å². The molecule has 0 bridgehead atoms. The molecule has 6 nitrogen and oxygen atoms in total. The summed E-state index contributed by atoms with van der Waals surface area (Å²) < 4.78 is 78.9. The number of fused-ring (bicyclic) bond motifs is 2. The number of rotatable bonds is 2. The molecule has 0 atom stereocenters. The summed E-state index contributed by atoms with van der Waals surface area (Å²) in [6.07, 6.45) is -7.38. The third-order valence-corrected chi connectivity index (χ3v) is 6.17. The molecule has 12 heteroatoms. The highest BCUT2D eigenvalue weighted by atomic mass is 19.4. The van der Waals surface area contributed by atoms with Gasteiger partial charge in [0.15, 0.2) is 11.6 Å². The van der Waals surface area contributed by atoms with Crippen molar-refractivity contribution in [3.63, 3.8) is 0 Å². The lowest BCUT2D eigenvalue weighted by Gasteiger charge is -2.26. The zero-order valence-electron chi connectivity index (χ0n) is 18.9. The van der Waals surface area contributed by atoms with E-state index in [1.165, 1.54) is 0 Å². The minimum Gasteiger partial charge on any atom is -0.364 e. The van der Waals surface area contributed by atoms with Crippen molar-refractivity contribution in [1.29, 1.82) is 0 Å². The molecule has 0 amide bonds. The Morgan fingerprint density at radius 3 is 1.94 bits per heavy atom. The van der Waals surface area contributed by atoms with Gasteiger partial charge in [-0.3, -0.25) is 0 Å². The highest BCUT2D eigenvalue weighted by molar-refractivity contribution is 5.85. The number of hydrogen-bond donors (Lipinski definition) is 1. The maximum Gasteiger partial charge on any atom is 0.417 e. The molecule has 3 aromatic rings.